The second-order valence-electron chi connectivity index (χ2n) is 5.99. The molecule has 2 aromatic rings. The minimum atomic E-state index is -0.477. The summed E-state index contributed by atoms with van der Waals surface area (Å²) in [6, 6.07) is 15.8. The quantitative estimate of drug-likeness (QED) is 0.643. The molecule has 1 aliphatic heterocycles. The van der Waals surface area contributed by atoms with Gasteiger partial charge in [0, 0.05) is 37.3 Å². The van der Waals surface area contributed by atoms with Crippen molar-refractivity contribution in [3.63, 3.8) is 0 Å². The van der Waals surface area contributed by atoms with E-state index >= 15 is 0 Å². The van der Waals surface area contributed by atoms with Gasteiger partial charge in [-0.05, 0) is 18.7 Å². The zero-order valence-corrected chi connectivity index (χ0v) is 13.5. The topological polar surface area (TPSA) is 66.7 Å². The predicted octanol–water partition coefficient (Wildman–Crippen LogP) is 2.72. The zero-order chi connectivity index (χ0) is 17.1. The monoisotopic (exact) mass is 325 g/mol. The Morgan fingerprint density at radius 1 is 1.12 bits per heavy atom. The van der Waals surface area contributed by atoms with Crippen molar-refractivity contribution in [3.05, 3.63) is 75.8 Å². The van der Waals surface area contributed by atoms with Crippen LogP contribution in [0.5, 0.6) is 0 Å². The molecule has 3 rings (SSSR count). The number of benzene rings is 2. The van der Waals surface area contributed by atoms with Crippen LogP contribution in [0.4, 0.5) is 5.69 Å². The van der Waals surface area contributed by atoms with E-state index in [0.717, 1.165) is 18.7 Å². The van der Waals surface area contributed by atoms with Crippen LogP contribution >= 0.6 is 0 Å². The van der Waals surface area contributed by atoms with Gasteiger partial charge in [0.1, 0.15) is 0 Å². The molecule has 1 fully saturated rings. The number of rotatable bonds is 3. The maximum Gasteiger partial charge on any atom is 0.270 e. The van der Waals surface area contributed by atoms with Gasteiger partial charge in [-0.3, -0.25) is 14.9 Å². The molecule has 0 aliphatic carbocycles. The van der Waals surface area contributed by atoms with Crippen LogP contribution in [0.1, 0.15) is 22.0 Å². The van der Waals surface area contributed by atoms with Crippen LogP contribution in [0.2, 0.25) is 0 Å². The molecule has 1 aliphatic rings. The Bertz CT molecular complexity index is 748. The molecule has 0 saturated carbocycles. The molecule has 2 aromatic carbocycles. The molecule has 124 valence electrons. The molecule has 0 radical (unpaired) electrons. The average molecular weight is 325 g/mol. The lowest BCUT2D eigenvalue weighted by Crippen LogP contribution is -2.49. The van der Waals surface area contributed by atoms with E-state index in [9.17, 15) is 14.9 Å². The first-order chi connectivity index (χ1) is 11.6. The summed E-state index contributed by atoms with van der Waals surface area (Å²) in [4.78, 5) is 27.4. The minimum absolute atomic E-state index is 0.0586. The van der Waals surface area contributed by atoms with E-state index < -0.39 is 4.92 Å². The maximum atomic E-state index is 12.9. The van der Waals surface area contributed by atoms with E-state index in [1.807, 2.05) is 42.3 Å². The van der Waals surface area contributed by atoms with E-state index in [4.69, 9.17) is 0 Å². The fourth-order valence-electron chi connectivity index (χ4n) is 3.04. The fourth-order valence-corrected chi connectivity index (χ4v) is 3.04. The van der Waals surface area contributed by atoms with Crippen molar-refractivity contribution in [1.82, 2.24) is 9.80 Å². The summed E-state index contributed by atoms with van der Waals surface area (Å²) < 4.78 is 0. The van der Waals surface area contributed by atoms with Crippen molar-refractivity contribution in [2.24, 2.45) is 0 Å². The Kier molecular flexibility index (Phi) is 4.57. The number of likely N-dealkylation sites (N-methyl/N-ethyl adjacent to an activating group) is 1. The lowest BCUT2D eigenvalue weighted by Gasteiger charge is -2.40. The van der Waals surface area contributed by atoms with Crippen molar-refractivity contribution in [2.75, 3.05) is 26.7 Å². The summed E-state index contributed by atoms with van der Waals surface area (Å²) in [6.45, 7) is 2.12. The summed E-state index contributed by atoms with van der Waals surface area (Å²) in [5.41, 5.74) is 1.36. The molecule has 6 nitrogen and oxygen atoms in total. The Balaban J connectivity index is 1.92. The van der Waals surface area contributed by atoms with E-state index in [-0.39, 0.29) is 17.6 Å². The van der Waals surface area contributed by atoms with Crippen LogP contribution in [0, 0.1) is 10.1 Å². The molecule has 6 heteroatoms. The van der Waals surface area contributed by atoms with E-state index in [1.54, 1.807) is 12.1 Å². The number of carbonyl (C=O) groups excluding carboxylic acids is 1. The number of non-ortho nitro benzene ring substituents is 1. The summed E-state index contributed by atoms with van der Waals surface area (Å²) in [5, 5.41) is 11.0. The zero-order valence-electron chi connectivity index (χ0n) is 13.5. The molecule has 0 aromatic heterocycles. The van der Waals surface area contributed by atoms with Gasteiger partial charge in [0.15, 0.2) is 0 Å². The van der Waals surface area contributed by atoms with Gasteiger partial charge < -0.3 is 9.80 Å². The fraction of sp³-hybridized carbons (Fsp3) is 0.278. The highest BCUT2D eigenvalue weighted by atomic mass is 16.6. The van der Waals surface area contributed by atoms with Crippen molar-refractivity contribution >= 4 is 11.6 Å². The smallest absolute Gasteiger partial charge is 0.270 e. The third-order valence-corrected chi connectivity index (χ3v) is 4.33. The molecular weight excluding hydrogens is 306 g/mol. The molecule has 1 amide bonds. The van der Waals surface area contributed by atoms with Crippen LogP contribution in [0.15, 0.2) is 54.6 Å². The highest BCUT2D eigenvalue weighted by Gasteiger charge is 2.31. The Labute approximate surface area is 140 Å². The van der Waals surface area contributed by atoms with Crippen molar-refractivity contribution in [2.45, 2.75) is 6.04 Å². The normalized spacial score (nSPS) is 18.4. The maximum absolute atomic E-state index is 12.9. The van der Waals surface area contributed by atoms with Crippen LogP contribution < -0.4 is 0 Å². The van der Waals surface area contributed by atoms with Gasteiger partial charge in [-0.15, -0.1) is 0 Å². The van der Waals surface area contributed by atoms with Crippen LogP contribution in [0.3, 0.4) is 0 Å². The van der Waals surface area contributed by atoms with Gasteiger partial charge in [-0.1, -0.05) is 36.4 Å². The minimum Gasteiger partial charge on any atom is -0.329 e. The first-order valence-electron chi connectivity index (χ1n) is 7.85. The molecule has 0 bridgehead atoms. The van der Waals surface area contributed by atoms with Gasteiger partial charge in [0.05, 0.1) is 11.0 Å². The van der Waals surface area contributed by atoms with Gasteiger partial charge in [-0.25, -0.2) is 0 Å². The third-order valence-electron chi connectivity index (χ3n) is 4.33. The standard InChI is InChI=1S/C18H19N3O3/c1-19-10-11-20(17(13-19)14-6-3-2-4-7-14)18(22)15-8-5-9-16(12-15)21(23)24/h2-9,12,17H,10-11,13H2,1H3. The number of nitro groups is 1. The van der Waals surface area contributed by atoms with Crippen LogP contribution in [-0.2, 0) is 0 Å². The Morgan fingerprint density at radius 3 is 2.58 bits per heavy atom. The third kappa shape index (κ3) is 3.28. The molecule has 24 heavy (non-hydrogen) atoms. The summed E-state index contributed by atoms with van der Waals surface area (Å²) in [6.07, 6.45) is 0. The molecule has 1 unspecified atom stereocenters. The predicted molar refractivity (Wildman–Crippen MR) is 90.8 cm³/mol. The number of amides is 1. The lowest BCUT2D eigenvalue weighted by molar-refractivity contribution is -0.384. The van der Waals surface area contributed by atoms with E-state index in [2.05, 4.69) is 4.90 Å². The summed E-state index contributed by atoms with van der Waals surface area (Å²) >= 11 is 0. The first-order valence-corrected chi connectivity index (χ1v) is 7.85. The largest absolute Gasteiger partial charge is 0.329 e. The van der Waals surface area contributed by atoms with Crippen molar-refractivity contribution in [3.8, 4) is 0 Å². The number of nitro benzene ring substituents is 1. The molecule has 1 heterocycles. The number of nitrogens with zero attached hydrogens (tertiary/aromatic N) is 3. The molecule has 0 N–H and O–H groups in total. The average Bonchev–Trinajstić information content (AvgIpc) is 2.62. The second kappa shape index (κ2) is 6.80. The van der Waals surface area contributed by atoms with Gasteiger partial charge in [0.2, 0.25) is 0 Å². The second-order valence-corrected chi connectivity index (χ2v) is 5.99. The molecule has 0 spiro atoms. The van der Waals surface area contributed by atoms with Gasteiger partial charge in [-0.2, -0.15) is 0 Å². The molecular formula is C18H19N3O3. The summed E-state index contributed by atoms with van der Waals surface area (Å²) in [7, 11) is 2.03. The lowest BCUT2D eigenvalue weighted by atomic mass is 10.0. The van der Waals surface area contributed by atoms with Gasteiger partial charge in [0.25, 0.3) is 11.6 Å². The highest BCUT2D eigenvalue weighted by Crippen LogP contribution is 2.27. The first kappa shape index (κ1) is 16.1. The van der Waals surface area contributed by atoms with Crippen molar-refractivity contribution in [1.29, 1.82) is 0 Å². The molecule has 1 atom stereocenters. The number of hydrogen-bond acceptors (Lipinski definition) is 4. The highest BCUT2D eigenvalue weighted by molar-refractivity contribution is 5.95. The van der Waals surface area contributed by atoms with Crippen LogP contribution in [-0.4, -0.2) is 47.3 Å². The van der Waals surface area contributed by atoms with Gasteiger partial charge >= 0.3 is 0 Å². The van der Waals surface area contributed by atoms with Crippen molar-refractivity contribution < 1.29 is 9.72 Å². The molecule has 1 saturated heterocycles. The SMILES string of the molecule is CN1CCN(C(=O)c2cccc([N+](=O)[O-])c2)C(c2ccccc2)C1. The number of carbonyl (C=O) groups is 1. The number of hydrogen-bond donors (Lipinski definition) is 0. The van der Waals surface area contributed by atoms with E-state index in [0.29, 0.717) is 12.1 Å². The Hall–Kier alpha value is -2.73. The summed E-state index contributed by atoms with van der Waals surface area (Å²) in [5.74, 6) is -0.166. The van der Waals surface area contributed by atoms with Crippen LogP contribution in [0.25, 0.3) is 0 Å². The number of piperazine rings is 1. The van der Waals surface area contributed by atoms with E-state index in [1.165, 1.54) is 12.1 Å². The Morgan fingerprint density at radius 2 is 1.88 bits per heavy atom.